The molecule has 0 bridgehead atoms. The highest BCUT2D eigenvalue weighted by Gasteiger charge is 2.23. The fraction of sp³-hybridized carbons (Fsp3) is 0.462. The number of carbonyl (C=O) groups excluding carboxylic acids is 1. The van der Waals surface area contributed by atoms with Crippen molar-refractivity contribution in [2.45, 2.75) is 19.8 Å². The lowest BCUT2D eigenvalue weighted by molar-refractivity contribution is -0.384. The monoisotopic (exact) mass is 263 g/mol. The van der Waals surface area contributed by atoms with Gasteiger partial charge in [0.2, 0.25) is 0 Å². The molecule has 0 spiro atoms. The van der Waals surface area contributed by atoms with Gasteiger partial charge < -0.3 is 10.6 Å². The SMILES string of the molecule is CCNc1ccc(C(=O)NCC2CC2)cc1[N+](=O)[O-]. The normalized spacial score (nSPS) is 13.9. The lowest BCUT2D eigenvalue weighted by atomic mass is 10.1. The number of nitro benzene ring substituents is 1. The van der Waals surface area contributed by atoms with Crippen LogP contribution in [0.5, 0.6) is 0 Å². The molecular formula is C13H17N3O3. The van der Waals surface area contributed by atoms with Crippen LogP contribution in [0.3, 0.4) is 0 Å². The summed E-state index contributed by atoms with van der Waals surface area (Å²) in [4.78, 5) is 22.4. The lowest BCUT2D eigenvalue weighted by Gasteiger charge is -2.07. The van der Waals surface area contributed by atoms with Crippen molar-refractivity contribution in [1.29, 1.82) is 0 Å². The number of rotatable bonds is 6. The Morgan fingerprint density at radius 2 is 2.21 bits per heavy atom. The fourth-order valence-corrected chi connectivity index (χ4v) is 1.82. The number of carbonyl (C=O) groups is 1. The van der Waals surface area contributed by atoms with Crippen LogP contribution in [0.2, 0.25) is 0 Å². The standard InChI is InChI=1S/C13H17N3O3/c1-2-14-11-6-5-10(7-12(11)16(18)19)13(17)15-8-9-3-4-9/h5-7,9,14H,2-4,8H2,1H3,(H,15,17). The molecule has 6 heteroatoms. The van der Waals surface area contributed by atoms with Gasteiger partial charge in [-0.3, -0.25) is 14.9 Å². The largest absolute Gasteiger partial charge is 0.380 e. The van der Waals surface area contributed by atoms with Crippen molar-refractivity contribution in [1.82, 2.24) is 5.32 Å². The smallest absolute Gasteiger partial charge is 0.293 e. The first-order valence-corrected chi connectivity index (χ1v) is 6.42. The summed E-state index contributed by atoms with van der Waals surface area (Å²) in [6.07, 6.45) is 2.31. The minimum absolute atomic E-state index is 0.0686. The minimum Gasteiger partial charge on any atom is -0.380 e. The molecule has 0 heterocycles. The van der Waals surface area contributed by atoms with E-state index in [1.54, 1.807) is 12.1 Å². The maximum Gasteiger partial charge on any atom is 0.293 e. The first kappa shape index (κ1) is 13.3. The first-order chi connectivity index (χ1) is 9.11. The molecule has 2 rings (SSSR count). The van der Waals surface area contributed by atoms with Crippen LogP contribution in [0.4, 0.5) is 11.4 Å². The van der Waals surface area contributed by atoms with Gasteiger partial charge in [0.15, 0.2) is 0 Å². The Labute approximate surface area is 111 Å². The zero-order valence-corrected chi connectivity index (χ0v) is 10.8. The van der Waals surface area contributed by atoms with Crippen LogP contribution >= 0.6 is 0 Å². The molecule has 1 fully saturated rings. The molecule has 1 saturated carbocycles. The van der Waals surface area contributed by atoms with E-state index in [0.717, 1.165) is 12.8 Å². The number of hydrogen-bond acceptors (Lipinski definition) is 4. The average Bonchev–Trinajstić information content (AvgIpc) is 3.20. The van der Waals surface area contributed by atoms with Crippen LogP contribution in [0.25, 0.3) is 0 Å². The molecule has 19 heavy (non-hydrogen) atoms. The van der Waals surface area contributed by atoms with Gasteiger partial charge in [-0.25, -0.2) is 0 Å². The number of anilines is 1. The van der Waals surface area contributed by atoms with Crippen molar-refractivity contribution in [3.05, 3.63) is 33.9 Å². The Hall–Kier alpha value is -2.11. The molecule has 102 valence electrons. The van der Waals surface area contributed by atoms with Crippen LogP contribution in [0.15, 0.2) is 18.2 Å². The van der Waals surface area contributed by atoms with Crippen molar-refractivity contribution < 1.29 is 9.72 Å². The van der Waals surface area contributed by atoms with Crippen molar-refractivity contribution in [3.63, 3.8) is 0 Å². The number of benzene rings is 1. The van der Waals surface area contributed by atoms with E-state index in [4.69, 9.17) is 0 Å². The minimum atomic E-state index is -0.477. The van der Waals surface area contributed by atoms with Crippen molar-refractivity contribution in [2.24, 2.45) is 5.92 Å². The van der Waals surface area contributed by atoms with Crippen LogP contribution < -0.4 is 10.6 Å². The Kier molecular flexibility index (Phi) is 3.99. The molecule has 1 aliphatic rings. The zero-order chi connectivity index (χ0) is 13.8. The summed E-state index contributed by atoms with van der Waals surface area (Å²) in [5, 5.41) is 16.7. The second kappa shape index (κ2) is 5.69. The van der Waals surface area contributed by atoms with E-state index in [1.165, 1.54) is 6.07 Å². The number of nitrogens with zero attached hydrogens (tertiary/aromatic N) is 1. The molecule has 6 nitrogen and oxygen atoms in total. The molecule has 1 aromatic carbocycles. The summed E-state index contributed by atoms with van der Waals surface area (Å²) < 4.78 is 0. The van der Waals surface area contributed by atoms with E-state index in [9.17, 15) is 14.9 Å². The van der Waals surface area contributed by atoms with E-state index >= 15 is 0 Å². The predicted molar refractivity (Wildman–Crippen MR) is 72.3 cm³/mol. The third kappa shape index (κ3) is 3.43. The van der Waals surface area contributed by atoms with E-state index in [2.05, 4.69) is 10.6 Å². The highest BCUT2D eigenvalue weighted by Crippen LogP contribution is 2.28. The molecule has 2 N–H and O–H groups in total. The van der Waals surface area contributed by atoms with Crippen LogP contribution in [-0.4, -0.2) is 23.9 Å². The molecule has 1 aliphatic carbocycles. The summed E-state index contributed by atoms with van der Waals surface area (Å²) in [5.41, 5.74) is 0.696. The maximum absolute atomic E-state index is 11.9. The predicted octanol–water partition coefficient (Wildman–Crippen LogP) is 2.17. The highest BCUT2D eigenvalue weighted by molar-refractivity contribution is 5.95. The van der Waals surface area contributed by atoms with E-state index in [-0.39, 0.29) is 11.6 Å². The van der Waals surface area contributed by atoms with Crippen LogP contribution in [-0.2, 0) is 0 Å². The number of nitrogens with one attached hydrogen (secondary N) is 2. The quantitative estimate of drug-likeness (QED) is 0.608. The lowest BCUT2D eigenvalue weighted by Crippen LogP contribution is -2.25. The highest BCUT2D eigenvalue weighted by atomic mass is 16.6. The average molecular weight is 263 g/mol. The Balaban J connectivity index is 2.13. The summed E-state index contributed by atoms with van der Waals surface area (Å²) in [6, 6.07) is 4.50. The molecule has 0 radical (unpaired) electrons. The topological polar surface area (TPSA) is 84.3 Å². The van der Waals surface area contributed by atoms with Crippen LogP contribution in [0.1, 0.15) is 30.1 Å². The molecule has 1 aromatic rings. The van der Waals surface area contributed by atoms with E-state index < -0.39 is 4.92 Å². The summed E-state index contributed by atoms with van der Waals surface area (Å²) in [7, 11) is 0. The number of hydrogen-bond donors (Lipinski definition) is 2. The first-order valence-electron chi connectivity index (χ1n) is 6.42. The zero-order valence-electron chi connectivity index (χ0n) is 10.8. The van der Waals surface area contributed by atoms with Gasteiger partial charge in [-0.1, -0.05) is 0 Å². The van der Waals surface area contributed by atoms with Gasteiger partial charge in [0, 0.05) is 24.7 Å². The summed E-state index contributed by atoms with van der Waals surface area (Å²) >= 11 is 0. The molecule has 0 saturated heterocycles. The van der Waals surface area contributed by atoms with E-state index in [1.807, 2.05) is 6.92 Å². The fourth-order valence-electron chi connectivity index (χ4n) is 1.82. The Morgan fingerprint density at radius 1 is 1.47 bits per heavy atom. The molecule has 0 aromatic heterocycles. The molecule has 0 aliphatic heterocycles. The third-order valence-electron chi connectivity index (χ3n) is 3.07. The molecule has 0 unspecified atom stereocenters. The summed E-state index contributed by atoms with van der Waals surface area (Å²) in [5.74, 6) is 0.331. The van der Waals surface area contributed by atoms with Crippen molar-refractivity contribution in [3.8, 4) is 0 Å². The Bertz CT molecular complexity index is 498. The van der Waals surface area contributed by atoms with Gasteiger partial charge in [-0.05, 0) is 37.8 Å². The van der Waals surface area contributed by atoms with Gasteiger partial charge >= 0.3 is 0 Å². The maximum atomic E-state index is 11.9. The van der Waals surface area contributed by atoms with Gasteiger partial charge in [0.05, 0.1) is 4.92 Å². The molecular weight excluding hydrogens is 246 g/mol. The number of amides is 1. The third-order valence-corrected chi connectivity index (χ3v) is 3.07. The van der Waals surface area contributed by atoms with Crippen molar-refractivity contribution in [2.75, 3.05) is 18.4 Å². The van der Waals surface area contributed by atoms with E-state index in [0.29, 0.717) is 30.3 Å². The number of nitro groups is 1. The van der Waals surface area contributed by atoms with Crippen molar-refractivity contribution >= 4 is 17.3 Å². The van der Waals surface area contributed by atoms with Gasteiger partial charge in [0.25, 0.3) is 11.6 Å². The van der Waals surface area contributed by atoms with Gasteiger partial charge in [0.1, 0.15) is 5.69 Å². The van der Waals surface area contributed by atoms with Gasteiger partial charge in [-0.15, -0.1) is 0 Å². The molecule has 0 atom stereocenters. The second-order valence-electron chi connectivity index (χ2n) is 4.67. The van der Waals surface area contributed by atoms with Crippen LogP contribution in [0, 0.1) is 16.0 Å². The molecule has 1 amide bonds. The summed E-state index contributed by atoms with van der Waals surface area (Å²) in [6.45, 7) is 3.11. The second-order valence-corrected chi connectivity index (χ2v) is 4.67. The van der Waals surface area contributed by atoms with Gasteiger partial charge in [-0.2, -0.15) is 0 Å². The Morgan fingerprint density at radius 3 is 2.79 bits per heavy atom.